The maximum Gasteiger partial charge on any atom is 0.228 e. The van der Waals surface area contributed by atoms with E-state index in [-0.39, 0.29) is 23.4 Å². The maximum atomic E-state index is 15.1. The number of nitrogens with two attached hydrogens (primary N) is 2. The van der Waals surface area contributed by atoms with Gasteiger partial charge in [0.25, 0.3) is 0 Å². The zero-order valence-corrected chi connectivity index (χ0v) is 22.0. The Labute approximate surface area is 221 Å². The van der Waals surface area contributed by atoms with Gasteiger partial charge in [0.1, 0.15) is 17.3 Å². The molecule has 1 fully saturated rings. The third-order valence-electron chi connectivity index (χ3n) is 6.44. The highest BCUT2D eigenvalue weighted by molar-refractivity contribution is 5.93. The number of carbonyl (C=O) groups excluding carboxylic acids is 2. The number of amides is 2. The summed E-state index contributed by atoms with van der Waals surface area (Å²) in [4.78, 5) is 33.3. The van der Waals surface area contributed by atoms with E-state index in [0.717, 1.165) is 5.56 Å². The number of hydrogen-bond donors (Lipinski definition) is 3. The Kier molecular flexibility index (Phi) is 7.22. The number of primary amides is 1. The summed E-state index contributed by atoms with van der Waals surface area (Å²) in [5.74, 6) is -0.574. The number of aromatic nitrogens is 1. The van der Waals surface area contributed by atoms with Crippen molar-refractivity contribution < 1.29 is 18.7 Å². The van der Waals surface area contributed by atoms with E-state index in [2.05, 4.69) is 15.3 Å². The lowest BCUT2D eigenvalue weighted by atomic mass is 9.94. The Morgan fingerprint density at radius 2 is 1.92 bits per heavy atom. The minimum atomic E-state index is -0.650. The predicted molar refractivity (Wildman–Crippen MR) is 145 cm³/mol. The number of aryl methyl sites for hydroxylation is 1. The highest BCUT2D eigenvalue weighted by atomic mass is 19.1. The predicted octanol–water partition coefficient (Wildman–Crippen LogP) is 4.32. The first-order valence-corrected chi connectivity index (χ1v) is 12.3. The van der Waals surface area contributed by atoms with Crippen LogP contribution < -0.4 is 21.5 Å². The van der Waals surface area contributed by atoms with E-state index < -0.39 is 17.1 Å². The Hall–Kier alpha value is -4.27. The number of aliphatic imine (C=N–C) groups is 1. The van der Waals surface area contributed by atoms with E-state index in [1.165, 1.54) is 18.5 Å². The van der Waals surface area contributed by atoms with Gasteiger partial charge in [-0.25, -0.2) is 4.39 Å². The number of hydrogen-bond acceptors (Lipinski definition) is 6. The molecule has 0 atom stereocenters. The maximum absolute atomic E-state index is 15.1. The molecule has 0 bridgehead atoms. The van der Waals surface area contributed by atoms with Gasteiger partial charge in [0.05, 0.1) is 28.6 Å². The van der Waals surface area contributed by atoms with E-state index in [1.807, 2.05) is 39.0 Å². The molecule has 0 saturated heterocycles. The van der Waals surface area contributed by atoms with Crippen molar-refractivity contribution in [3.05, 3.63) is 77.0 Å². The van der Waals surface area contributed by atoms with Crippen LogP contribution in [0.25, 0.3) is 10.9 Å². The molecule has 1 heterocycles. The van der Waals surface area contributed by atoms with E-state index in [1.54, 1.807) is 25.3 Å². The summed E-state index contributed by atoms with van der Waals surface area (Å²) in [6.45, 7) is 7.53. The van der Waals surface area contributed by atoms with Crippen molar-refractivity contribution in [3.8, 4) is 11.5 Å². The largest absolute Gasteiger partial charge is 0.456 e. The molecule has 0 spiro atoms. The second-order valence-corrected chi connectivity index (χ2v) is 10.6. The highest BCUT2D eigenvalue weighted by Gasteiger charge is 2.50. The van der Waals surface area contributed by atoms with Crippen molar-refractivity contribution in [1.29, 1.82) is 0 Å². The van der Waals surface area contributed by atoms with Gasteiger partial charge in [-0.1, -0.05) is 6.07 Å². The van der Waals surface area contributed by atoms with E-state index in [9.17, 15) is 9.59 Å². The molecular weight excluding hydrogens is 485 g/mol. The lowest BCUT2D eigenvalue weighted by Crippen LogP contribution is -2.28. The van der Waals surface area contributed by atoms with Crippen LogP contribution in [0, 0.1) is 12.7 Å². The van der Waals surface area contributed by atoms with Gasteiger partial charge in [-0.2, -0.15) is 0 Å². The smallest absolute Gasteiger partial charge is 0.228 e. The molecule has 2 amide bonds. The molecular formula is C29H32FN5O3. The Balaban J connectivity index is 1.55. The van der Waals surface area contributed by atoms with Crippen LogP contribution in [0.1, 0.15) is 50.3 Å². The Bertz CT molecular complexity index is 1470. The van der Waals surface area contributed by atoms with Crippen molar-refractivity contribution >= 4 is 28.9 Å². The Morgan fingerprint density at radius 3 is 2.55 bits per heavy atom. The molecule has 9 heteroatoms. The first-order valence-electron chi connectivity index (χ1n) is 12.3. The van der Waals surface area contributed by atoms with Gasteiger partial charge in [0, 0.05) is 30.1 Å². The molecule has 198 valence electrons. The highest BCUT2D eigenvalue weighted by Crippen LogP contribution is 2.49. The van der Waals surface area contributed by atoms with Crippen molar-refractivity contribution in [2.24, 2.45) is 16.5 Å². The summed E-state index contributed by atoms with van der Waals surface area (Å²) >= 11 is 0. The Morgan fingerprint density at radius 1 is 1.18 bits per heavy atom. The van der Waals surface area contributed by atoms with Crippen LogP contribution in [0.3, 0.4) is 0 Å². The van der Waals surface area contributed by atoms with Gasteiger partial charge < -0.3 is 21.5 Å². The summed E-state index contributed by atoms with van der Waals surface area (Å²) in [5.41, 5.74) is 13.0. The zero-order chi connectivity index (χ0) is 27.7. The number of fused-ring (bicyclic) bond motifs is 1. The first kappa shape index (κ1) is 26.8. The van der Waals surface area contributed by atoms with Crippen molar-refractivity contribution in [3.63, 3.8) is 0 Å². The molecule has 1 aliphatic carbocycles. The van der Waals surface area contributed by atoms with Crippen LogP contribution in [-0.4, -0.2) is 28.6 Å². The normalized spacial score (nSPS) is 15.0. The van der Waals surface area contributed by atoms with Gasteiger partial charge in [-0.3, -0.25) is 19.6 Å². The number of rotatable bonds is 8. The number of nitrogens with one attached hydrogen (secondary N) is 1. The number of halogens is 1. The van der Waals surface area contributed by atoms with Crippen molar-refractivity contribution in [1.82, 2.24) is 10.3 Å². The van der Waals surface area contributed by atoms with Crippen LogP contribution in [-0.2, 0) is 21.4 Å². The monoisotopic (exact) mass is 517 g/mol. The molecule has 1 aromatic heterocycles. The fraction of sp³-hybridized carbons (Fsp3) is 0.310. The molecule has 1 saturated carbocycles. The van der Waals surface area contributed by atoms with Crippen LogP contribution in [0.2, 0.25) is 0 Å². The minimum Gasteiger partial charge on any atom is -0.456 e. The van der Waals surface area contributed by atoms with Crippen LogP contribution in [0.4, 0.5) is 4.39 Å². The number of carbonyl (C=O) groups is 2. The molecule has 2 aromatic carbocycles. The third-order valence-corrected chi connectivity index (χ3v) is 6.44. The quantitative estimate of drug-likeness (QED) is 0.383. The van der Waals surface area contributed by atoms with Crippen LogP contribution >= 0.6 is 0 Å². The number of nitrogens with zero attached hydrogens (tertiary/aromatic N) is 2. The molecule has 8 nitrogen and oxygen atoms in total. The second-order valence-electron chi connectivity index (χ2n) is 10.6. The summed E-state index contributed by atoms with van der Waals surface area (Å²) in [5, 5.41) is 3.34. The fourth-order valence-electron chi connectivity index (χ4n) is 4.16. The van der Waals surface area contributed by atoms with E-state index >= 15 is 4.39 Å². The topological polar surface area (TPSA) is 133 Å². The van der Waals surface area contributed by atoms with Gasteiger partial charge in [0.2, 0.25) is 11.8 Å². The van der Waals surface area contributed by atoms with Crippen LogP contribution in [0.15, 0.2) is 59.5 Å². The van der Waals surface area contributed by atoms with Gasteiger partial charge in [0.15, 0.2) is 0 Å². The molecule has 0 aliphatic heterocycles. The molecule has 38 heavy (non-hydrogen) atoms. The lowest BCUT2D eigenvalue weighted by Gasteiger charge is -2.16. The summed E-state index contributed by atoms with van der Waals surface area (Å²) in [7, 11) is 0. The second kappa shape index (κ2) is 10.2. The zero-order valence-electron chi connectivity index (χ0n) is 22.0. The van der Waals surface area contributed by atoms with Crippen molar-refractivity contribution in [2.45, 2.75) is 57.9 Å². The number of pyridine rings is 1. The SMILES string of the molecule is Cc1cc(CC(=O)N/C(C=NC(C)(C)C)=C/N)c(F)cc1Oc1ccnc2ccc(C3(C(N)=O)CC3)cc12. The third kappa shape index (κ3) is 5.82. The molecule has 4 rings (SSSR count). The molecule has 3 aromatic rings. The molecule has 5 N–H and O–H groups in total. The number of allylic oxidation sites excluding steroid dienone is 1. The van der Waals surface area contributed by atoms with Gasteiger partial charge in [-0.15, -0.1) is 0 Å². The summed E-state index contributed by atoms with van der Waals surface area (Å²) < 4.78 is 21.2. The standard InChI is InChI=1S/C29H32FN5O3/c1-17-11-18(12-26(36)35-20(15-31)16-34-28(2,3)4)22(30)14-25(17)38-24-7-10-33-23-6-5-19(13-21(23)24)29(8-9-29)27(32)37/h5-7,10-11,13-16H,8-9,12,31H2,1-4H3,(H2,32,37)(H,35,36)/b20-15+,34-16?. The average molecular weight is 518 g/mol. The number of benzene rings is 2. The van der Waals surface area contributed by atoms with Crippen LogP contribution in [0.5, 0.6) is 11.5 Å². The summed E-state index contributed by atoms with van der Waals surface area (Å²) in [6.07, 6.45) is 5.55. The van der Waals surface area contributed by atoms with Gasteiger partial charge in [-0.05, 0) is 81.5 Å². The minimum absolute atomic E-state index is 0.190. The number of ether oxygens (including phenoxy) is 1. The lowest BCUT2D eigenvalue weighted by molar-refractivity contribution is -0.120. The fourth-order valence-corrected chi connectivity index (χ4v) is 4.16. The molecule has 0 radical (unpaired) electrons. The molecule has 1 aliphatic rings. The average Bonchev–Trinajstić information content (AvgIpc) is 3.66. The van der Waals surface area contributed by atoms with Gasteiger partial charge >= 0.3 is 0 Å². The summed E-state index contributed by atoms with van der Waals surface area (Å²) in [6, 6.07) is 10.1. The van der Waals surface area contributed by atoms with E-state index in [0.29, 0.717) is 46.5 Å². The first-order chi connectivity index (χ1) is 17.9. The molecule has 0 unspecified atom stereocenters. The van der Waals surface area contributed by atoms with Crippen molar-refractivity contribution in [2.75, 3.05) is 0 Å². The van der Waals surface area contributed by atoms with E-state index in [4.69, 9.17) is 16.2 Å².